The molecular weight excluding hydrogens is 354 g/mol. The van der Waals surface area contributed by atoms with Gasteiger partial charge in [-0.1, -0.05) is 11.6 Å². The zero-order chi connectivity index (χ0) is 18.4. The Balaban J connectivity index is 2.00. The summed E-state index contributed by atoms with van der Waals surface area (Å²) >= 11 is 5.91. The van der Waals surface area contributed by atoms with Gasteiger partial charge < -0.3 is 15.2 Å². The second-order valence-corrected chi connectivity index (χ2v) is 5.87. The highest BCUT2D eigenvalue weighted by Gasteiger charge is 2.31. The fraction of sp³-hybridized carbons (Fsp3) is 0.167. The van der Waals surface area contributed by atoms with Gasteiger partial charge in [-0.25, -0.2) is 0 Å². The first-order valence-electron chi connectivity index (χ1n) is 7.22. The average molecular weight is 368 g/mol. The lowest BCUT2D eigenvalue weighted by Gasteiger charge is -2.22. The van der Waals surface area contributed by atoms with Crippen molar-refractivity contribution in [2.24, 2.45) is 0 Å². The number of amides is 1. The van der Waals surface area contributed by atoms with Crippen LogP contribution in [0.1, 0.15) is 18.1 Å². The van der Waals surface area contributed by atoms with Crippen molar-refractivity contribution in [3.8, 4) is 17.9 Å². The summed E-state index contributed by atoms with van der Waals surface area (Å²) in [6.45, 7) is 1.03. The predicted octanol–water partition coefficient (Wildman–Crippen LogP) is 2.85. The SMILES string of the molecule is C[C@](O)(CO[14c]1[14cH][14cH][14c](C#N)[14cH][14cH]1)C(=O)Nc1ccc(C#N)c(Cl)c1. The quantitative estimate of drug-likeness (QED) is 0.845. The summed E-state index contributed by atoms with van der Waals surface area (Å²) in [7, 11) is 0. The van der Waals surface area contributed by atoms with Crippen molar-refractivity contribution in [3.05, 3.63) is 58.6 Å². The predicted molar refractivity (Wildman–Crippen MR) is 92.1 cm³/mol. The van der Waals surface area contributed by atoms with Crippen LogP contribution >= 0.6 is 11.6 Å². The van der Waals surface area contributed by atoms with Crippen LogP contribution in [0.3, 0.4) is 0 Å². The number of hydrogen-bond acceptors (Lipinski definition) is 5. The van der Waals surface area contributed by atoms with Gasteiger partial charge in [-0.05, 0) is 49.4 Å². The number of hydrogen-bond donors (Lipinski definition) is 2. The molecule has 0 heterocycles. The third kappa shape index (κ3) is 4.71. The first kappa shape index (κ1) is 18.3. The number of benzene rings is 2. The molecule has 6 nitrogen and oxygen atoms in total. The number of ether oxygens (including phenoxy) is 1. The van der Waals surface area contributed by atoms with E-state index in [0.29, 0.717) is 17.0 Å². The molecule has 0 radical (unpaired) electrons. The van der Waals surface area contributed by atoms with Crippen molar-refractivity contribution in [2.45, 2.75) is 12.5 Å². The van der Waals surface area contributed by atoms with Crippen LogP contribution in [-0.2, 0) is 4.79 Å². The highest BCUT2D eigenvalue weighted by molar-refractivity contribution is 6.32. The first-order valence-corrected chi connectivity index (χ1v) is 7.60. The largest absolute Gasteiger partial charge is 0.490 e. The number of halogens is 1. The lowest BCUT2D eigenvalue weighted by Crippen LogP contribution is -2.45. The number of nitriles is 2. The maximum atomic E-state index is 12.2. The molecular formula is C18H14ClN3O3. The number of nitrogens with one attached hydrogen (secondary N) is 1. The van der Waals surface area contributed by atoms with Crippen LogP contribution in [0.15, 0.2) is 42.5 Å². The summed E-state index contributed by atoms with van der Waals surface area (Å²) in [5.41, 5.74) is -0.674. The molecule has 0 aliphatic heterocycles. The van der Waals surface area contributed by atoms with E-state index in [1.54, 1.807) is 24.3 Å². The summed E-state index contributed by atoms with van der Waals surface area (Å²) in [5.74, 6) is -0.254. The van der Waals surface area contributed by atoms with Gasteiger partial charge in [0.1, 0.15) is 18.4 Å². The molecule has 25 heavy (non-hydrogen) atoms. The standard InChI is InChI=1S/C18H14ClN3O3/c1-18(24,11-25-15-6-2-12(9-20)3-7-15)17(23)22-14-5-4-13(10-21)16(19)8-14/h2-8,24H,11H2,1H3,(H,22,23)/t18-/m0/s1/i2+2,3+2,6+2,7+2,12+2,15+2. The second kappa shape index (κ2) is 7.67. The van der Waals surface area contributed by atoms with Crippen molar-refractivity contribution in [1.29, 1.82) is 10.5 Å². The Morgan fingerprint density at radius 1 is 1.40 bits per heavy atom. The van der Waals surface area contributed by atoms with Crippen molar-refractivity contribution < 1.29 is 14.6 Å². The van der Waals surface area contributed by atoms with Gasteiger partial charge in [0.25, 0.3) is 5.91 Å². The van der Waals surface area contributed by atoms with E-state index in [1.165, 1.54) is 25.1 Å². The number of aliphatic hydroxyl groups is 1. The van der Waals surface area contributed by atoms with E-state index < -0.39 is 11.5 Å². The molecule has 2 N–H and O–H groups in total. The van der Waals surface area contributed by atoms with Gasteiger partial charge in [-0.3, -0.25) is 4.79 Å². The van der Waals surface area contributed by atoms with Crippen LogP contribution in [0.4, 0.5) is 5.69 Å². The summed E-state index contributed by atoms with van der Waals surface area (Å²) < 4.78 is 5.40. The van der Waals surface area contributed by atoms with E-state index in [0.717, 1.165) is 0 Å². The van der Waals surface area contributed by atoms with E-state index in [9.17, 15) is 9.90 Å². The summed E-state index contributed by atoms with van der Waals surface area (Å²) in [5, 5.41) is 30.6. The number of nitrogens with zero attached hydrogens (tertiary/aromatic N) is 2. The van der Waals surface area contributed by atoms with Crippen LogP contribution in [0.2, 0.25) is 5.02 Å². The second-order valence-electron chi connectivity index (χ2n) is 5.46. The Labute approximate surface area is 149 Å². The first-order chi connectivity index (χ1) is 11.9. The van der Waals surface area contributed by atoms with Crippen LogP contribution in [0, 0.1) is 22.7 Å². The van der Waals surface area contributed by atoms with Gasteiger partial charge >= 0.3 is 0 Å². The molecule has 0 fully saturated rings. The third-order valence-corrected chi connectivity index (χ3v) is 3.65. The Bertz CT molecular complexity index is 865. The molecule has 0 aliphatic rings. The molecule has 2 aromatic carbocycles. The smallest absolute Gasteiger partial charge is 0.259 e. The maximum Gasteiger partial charge on any atom is 0.259 e. The van der Waals surface area contributed by atoms with Gasteiger partial charge in [0, 0.05) is 5.69 Å². The molecule has 0 aromatic heterocycles. The lowest BCUT2D eigenvalue weighted by atomic mass is 10.1. The third-order valence-electron chi connectivity index (χ3n) is 3.34. The van der Waals surface area contributed by atoms with Gasteiger partial charge in [0.05, 0.1) is 22.2 Å². The summed E-state index contributed by atoms with van der Waals surface area (Å²) in [4.78, 5) is 12.2. The van der Waals surface area contributed by atoms with Crippen LogP contribution in [-0.4, -0.2) is 23.2 Å². The van der Waals surface area contributed by atoms with E-state index in [4.69, 9.17) is 26.9 Å². The minimum atomic E-state index is -1.80. The van der Waals surface area contributed by atoms with Gasteiger partial charge in [0.15, 0.2) is 5.60 Å². The number of carbonyl (C=O) groups excluding carboxylic acids is 1. The van der Waals surface area contributed by atoms with Crippen molar-refractivity contribution in [2.75, 3.05) is 11.9 Å². The fourth-order valence-corrected chi connectivity index (χ4v) is 2.09. The number of anilines is 1. The molecule has 2 rings (SSSR count). The zero-order valence-corrected chi connectivity index (χ0v) is 14.0. The van der Waals surface area contributed by atoms with E-state index in [-0.39, 0.29) is 17.2 Å². The monoisotopic (exact) mass is 367 g/mol. The molecule has 0 saturated heterocycles. The normalized spacial score (nSPS) is 12.4. The van der Waals surface area contributed by atoms with Gasteiger partial charge in [0.2, 0.25) is 0 Å². The molecule has 7 heteroatoms. The Morgan fingerprint density at radius 2 is 2.08 bits per heavy atom. The molecule has 1 amide bonds. The molecule has 2 aromatic rings. The molecule has 0 aliphatic carbocycles. The molecule has 0 saturated carbocycles. The number of rotatable bonds is 5. The Kier molecular flexibility index (Phi) is 5.61. The Hall–Kier alpha value is -3.06. The van der Waals surface area contributed by atoms with Gasteiger partial charge in [-0.2, -0.15) is 10.5 Å². The maximum absolute atomic E-state index is 12.2. The minimum Gasteiger partial charge on any atom is -0.490 e. The topological polar surface area (TPSA) is 106 Å². The molecule has 1 atom stereocenters. The van der Waals surface area contributed by atoms with E-state index in [1.807, 2.05) is 12.1 Å². The van der Waals surface area contributed by atoms with Crippen molar-refractivity contribution in [1.82, 2.24) is 0 Å². The molecule has 0 bridgehead atoms. The molecule has 0 spiro atoms. The Morgan fingerprint density at radius 3 is 2.64 bits per heavy atom. The van der Waals surface area contributed by atoms with Crippen LogP contribution < -0.4 is 10.1 Å². The summed E-state index contributed by atoms with van der Waals surface area (Å²) in [6.07, 6.45) is 0. The van der Waals surface area contributed by atoms with E-state index >= 15 is 0 Å². The minimum absolute atomic E-state index is 0.203. The molecule has 0 unspecified atom stereocenters. The highest BCUT2D eigenvalue weighted by atomic mass is 35.5. The number of carbonyl (C=O) groups is 1. The van der Waals surface area contributed by atoms with Gasteiger partial charge in [-0.15, -0.1) is 0 Å². The lowest BCUT2D eigenvalue weighted by molar-refractivity contribution is -0.135. The zero-order valence-electron chi connectivity index (χ0n) is 13.3. The van der Waals surface area contributed by atoms with Crippen LogP contribution in [0.25, 0.3) is 0 Å². The van der Waals surface area contributed by atoms with Crippen molar-refractivity contribution in [3.63, 3.8) is 0 Å². The van der Waals surface area contributed by atoms with Crippen LogP contribution in [0.5, 0.6) is 5.75 Å². The average Bonchev–Trinajstić information content (AvgIpc) is 2.60. The highest BCUT2D eigenvalue weighted by Crippen LogP contribution is 2.21. The van der Waals surface area contributed by atoms with E-state index in [2.05, 4.69) is 5.32 Å². The van der Waals surface area contributed by atoms with Crippen molar-refractivity contribution >= 4 is 23.2 Å². The fourth-order valence-electron chi connectivity index (χ4n) is 1.86. The molecule has 126 valence electrons. The summed E-state index contributed by atoms with van der Waals surface area (Å²) in [6, 6.07) is 14.6.